The lowest BCUT2D eigenvalue weighted by molar-refractivity contribution is -0.123. The maximum absolute atomic E-state index is 12.2. The molecule has 144 valence electrons. The normalized spacial score (nSPS) is 27.2. The Morgan fingerprint density at radius 2 is 2.15 bits per heavy atom. The van der Waals surface area contributed by atoms with E-state index in [-0.39, 0.29) is 36.0 Å². The lowest BCUT2D eigenvalue weighted by atomic mass is 9.92. The number of carbonyl (C=O) groups is 2. The van der Waals surface area contributed by atoms with Gasteiger partial charge < -0.3 is 19.9 Å². The minimum atomic E-state index is -0.637. The molecule has 1 fully saturated rings. The Bertz CT molecular complexity index is 813. The monoisotopic (exact) mass is 371 g/mol. The third kappa shape index (κ3) is 3.66. The van der Waals surface area contributed by atoms with Gasteiger partial charge in [-0.25, -0.2) is 0 Å². The van der Waals surface area contributed by atoms with E-state index >= 15 is 0 Å². The van der Waals surface area contributed by atoms with Gasteiger partial charge in [-0.1, -0.05) is 12.2 Å². The van der Waals surface area contributed by atoms with Crippen LogP contribution in [0.5, 0.6) is 17.2 Å². The average Bonchev–Trinajstić information content (AvgIpc) is 3.19. The van der Waals surface area contributed by atoms with E-state index < -0.39 is 5.60 Å². The van der Waals surface area contributed by atoms with Gasteiger partial charge in [-0.3, -0.25) is 9.59 Å². The van der Waals surface area contributed by atoms with Gasteiger partial charge in [0.15, 0.2) is 12.4 Å². The highest BCUT2D eigenvalue weighted by Crippen LogP contribution is 2.43. The van der Waals surface area contributed by atoms with Crippen molar-refractivity contribution < 1.29 is 24.2 Å². The van der Waals surface area contributed by atoms with Gasteiger partial charge in [0, 0.05) is 18.7 Å². The van der Waals surface area contributed by atoms with E-state index in [9.17, 15) is 14.7 Å². The first kappa shape index (κ1) is 17.9. The van der Waals surface area contributed by atoms with Crippen LogP contribution < -0.4 is 14.8 Å². The van der Waals surface area contributed by atoms with E-state index in [1.807, 2.05) is 13.8 Å². The summed E-state index contributed by atoms with van der Waals surface area (Å²) >= 11 is 0. The molecule has 0 radical (unpaired) electrons. The summed E-state index contributed by atoms with van der Waals surface area (Å²) in [5.41, 5.74) is -0.461. The van der Waals surface area contributed by atoms with Gasteiger partial charge in [0.2, 0.25) is 0 Å². The Morgan fingerprint density at radius 3 is 2.85 bits per heavy atom. The Labute approximate surface area is 158 Å². The summed E-state index contributed by atoms with van der Waals surface area (Å²) in [6, 6.07) is 2.91. The zero-order chi connectivity index (χ0) is 19.2. The first-order valence-electron chi connectivity index (χ1n) is 9.48. The van der Waals surface area contributed by atoms with E-state index in [4.69, 9.17) is 9.47 Å². The number of allylic oxidation sites excluding steroid dienone is 2. The number of ketones is 1. The Balaban J connectivity index is 1.34. The van der Waals surface area contributed by atoms with E-state index in [0.717, 1.165) is 6.42 Å². The van der Waals surface area contributed by atoms with Gasteiger partial charge in [-0.2, -0.15) is 0 Å². The van der Waals surface area contributed by atoms with Crippen molar-refractivity contribution in [2.24, 2.45) is 17.8 Å². The number of hydrogen-bond acceptors (Lipinski definition) is 5. The number of phenols is 1. The highest BCUT2D eigenvalue weighted by molar-refractivity contribution is 6.03. The summed E-state index contributed by atoms with van der Waals surface area (Å²) in [7, 11) is 0. The zero-order valence-electron chi connectivity index (χ0n) is 15.7. The molecule has 6 heteroatoms. The lowest BCUT2D eigenvalue weighted by Gasteiger charge is -2.32. The van der Waals surface area contributed by atoms with E-state index in [2.05, 4.69) is 17.5 Å². The highest BCUT2D eigenvalue weighted by Gasteiger charge is 2.36. The molecule has 1 aromatic rings. The van der Waals surface area contributed by atoms with Crippen molar-refractivity contribution in [3.63, 3.8) is 0 Å². The SMILES string of the molecule is CC1(C)CC(=O)c2c(O)cc(OCC(=O)NC[C@@H]3C[C@@H]4C=C[C@H]3C4)cc2O1. The molecule has 0 saturated heterocycles. The van der Waals surface area contributed by atoms with E-state index in [1.54, 1.807) is 6.07 Å². The Morgan fingerprint density at radius 1 is 1.33 bits per heavy atom. The third-order valence-corrected chi connectivity index (χ3v) is 5.65. The summed E-state index contributed by atoms with van der Waals surface area (Å²) in [5.74, 6) is 1.83. The quantitative estimate of drug-likeness (QED) is 0.778. The smallest absolute Gasteiger partial charge is 0.257 e. The fourth-order valence-electron chi connectivity index (χ4n) is 4.40. The number of hydrogen-bond donors (Lipinski definition) is 2. The molecule has 1 aromatic carbocycles. The Hall–Kier alpha value is -2.50. The number of ether oxygens (including phenoxy) is 2. The molecule has 3 atom stereocenters. The minimum Gasteiger partial charge on any atom is -0.507 e. The summed E-state index contributed by atoms with van der Waals surface area (Å²) in [6.45, 7) is 4.15. The molecule has 1 heterocycles. The second kappa shape index (κ2) is 6.59. The maximum Gasteiger partial charge on any atom is 0.257 e. The summed E-state index contributed by atoms with van der Waals surface area (Å²) in [5, 5.41) is 13.1. The first-order chi connectivity index (χ1) is 12.8. The molecule has 0 aromatic heterocycles. The number of aromatic hydroxyl groups is 1. The van der Waals surface area contributed by atoms with Crippen molar-refractivity contribution in [3.8, 4) is 17.2 Å². The molecular weight excluding hydrogens is 346 g/mol. The van der Waals surface area contributed by atoms with Crippen LogP contribution in [0, 0.1) is 17.8 Å². The molecule has 1 amide bonds. The number of rotatable bonds is 5. The minimum absolute atomic E-state index is 0.147. The van der Waals surface area contributed by atoms with Crippen molar-refractivity contribution in [2.75, 3.05) is 13.2 Å². The van der Waals surface area contributed by atoms with E-state index in [0.29, 0.717) is 35.8 Å². The standard InChI is InChI=1S/C21H25NO5/c1-21(2)9-17(24)20-16(23)7-15(8-18(20)27-21)26-11-19(25)22-10-14-6-12-3-4-13(14)5-12/h3-4,7-8,12-14,23H,5-6,9-11H2,1-2H3,(H,22,25)/t12-,13+,14+/m1/s1. The molecule has 2 N–H and O–H groups in total. The van der Waals surface area contributed by atoms with Crippen LogP contribution in [0.4, 0.5) is 0 Å². The van der Waals surface area contributed by atoms with Crippen LogP contribution in [-0.2, 0) is 4.79 Å². The van der Waals surface area contributed by atoms with Gasteiger partial charge in [0.05, 0.1) is 6.42 Å². The van der Waals surface area contributed by atoms with Crippen LogP contribution in [0.15, 0.2) is 24.3 Å². The number of nitrogens with one attached hydrogen (secondary N) is 1. The average molecular weight is 371 g/mol. The van der Waals surface area contributed by atoms with Crippen molar-refractivity contribution in [3.05, 3.63) is 29.8 Å². The number of amides is 1. The Kier molecular flexibility index (Phi) is 4.36. The number of benzene rings is 1. The van der Waals surface area contributed by atoms with Crippen molar-refractivity contribution in [1.29, 1.82) is 0 Å². The van der Waals surface area contributed by atoms with Crippen LogP contribution in [0.25, 0.3) is 0 Å². The largest absolute Gasteiger partial charge is 0.507 e. The first-order valence-corrected chi connectivity index (χ1v) is 9.48. The molecule has 1 saturated carbocycles. The molecule has 0 unspecified atom stereocenters. The lowest BCUT2D eigenvalue weighted by Crippen LogP contribution is -2.36. The molecule has 27 heavy (non-hydrogen) atoms. The summed E-state index contributed by atoms with van der Waals surface area (Å²) < 4.78 is 11.3. The van der Waals surface area contributed by atoms with Gasteiger partial charge in [0.1, 0.15) is 28.4 Å². The number of carbonyl (C=O) groups excluding carboxylic acids is 2. The van der Waals surface area contributed by atoms with Gasteiger partial charge in [-0.15, -0.1) is 0 Å². The molecule has 0 spiro atoms. The van der Waals surface area contributed by atoms with E-state index in [1.165, 1.54) is 12.5 Å². The molecule has 3 aliphatic rings. The molecule has 2 aliphatic carbocycles. The van der Waals surface area contributed by atoms with Crippen LogP contribution in [0.1, 0.15) is 43.5 Å². The predicted octanol–water partition coefficient (Wildman–Crippen LogP) is 2.84. The molecule has 6 nitrogen and oxygen atoms in total. The number of Topliss-reactive ketones (excluding diaryl/α,β-unsaturated/α-hetero) is 1. The van der Waals surface area contributed by atoms with Crippen LogP contribution in [-0.4, -0.2) is 35.5 Å². The topological polar surface area (TPSA) is 84.9 Å². The maximum atomic E-state index is 12.2. The predicted molar refractivity (Wildman–Crippen MR) is 99.1 cm³/mol. The molecular formula is C21H25NO5. The molecule has 4 rings (SSSR count). The van der Waals surface area contributed by atoms with Crippen LogP contribution in [0.3, 0.4) is 0 Å². The zero-order valence-corrected chi connectivity index (χ0v) is 15.7. The van der Waals surface area contributed by atoms with Gasteiger partial charge in [0.25, 0.3) is 5.91 Å². The fraction of sp³-hybridized carbons (Fsp3) is 0.524. The fourth-order valence-corrected chi connectivity index (χ4v) is 4.40. The summed E-state index contributed by atoms with van der Waals surface area (Å²) in [6.07, 6.45) is 7.10. The second-order valence-electron chi connectivity index (χ2n) is 8.41. The van der Waals surface area contributed by atoms with Crippen molar-refractivity contribution >= 4 is 11.7 Å². The highest BCUT2D eigenvalue weighted by atomic mass is 16.5. The van der Waals surface area contributed by atoms with Crippen LogP contribution in [0.2, 0.25) is 0 Å². The summed E-state index contributed by atoms with van der Waals surface area (Å²) in [4.78, 5) is 24.3. The van der Waals surface area contributed by atoms with Crippen molar-refractivity contribution in [2.45, 2.75) is 38.7 Å². The van der Waals surface area contributed by atoms with Crippen molar-refractivity contribution in [1.82, 2.24) is 5.32 Å². The van der Waals surface area contributed by atoms with Crippen LogP contribution >= 0.6 is 0 Å². The molecule has 1 aliphatic heterocycles. The number of phenolic OH excluding ortho intramolecular Hbond substituents is 1. The number of fused-ring (bicyclic) bond motifs is 3. The van der Waals surface area contributed by atoms with Gasteiger partial charge >= 0.3 is 0 Å². The van der Waals surface area contributed by atoms with Gasteiger partial charge in [-0.05, 0) is 44.4 Å². The second-order valence-corrected chi connectivity index (χ2v) is 8.41. The third-order valence-electron chi connectivity index (χ3n) is 5.65. The molecule has 2 bridgehead atoms.